The number of hydrogen-bond donors (Lipinski definition) is 1. The van der Waals surface area contributed by atoms with Gasteiger partial charge in [0.25, 0.3) is 0 Å². The van der Waals surface area contributed by atoms with Gasteiger partial charge in [-0.3, -0.25) is 4.79 Å². The maximum Gasteiger partial charge on any atom is 0.227 e. The number of piperidine rings is 1. The Morgan fingerprint density at radius 2 is 1.85 bits per heavy atom. The van der Waals surface area contributed by atoms with E-state index in [0.717, 1.165) is 43.3 Å². The lowest BCUT2D eigenvalue weighted by molar-refractivity contribution is -0.120. The zero-order chi connectivity index (χ0) is 18.7. The van der Waals surface area contributed by atoms with Gasteiger partial charge >= 0.3 is 0 Å². The van der Waals surface area contributed by atoms with Crippen molar-refractivity contribution in [3.05, 3.63) is 40.7 Å². The fraction of sp³-hybridized carbons (Fsp3) is 0.421. The van der Waals surface area contributed by atoms with Crippen LogP contribution in [0, 0.1) is 19.8 Å². The molecule has 1 N–H and O–H groups in total. The Morgan fingerprint density at radius 3 is 2.42 bits per heavy atom. The van der Waals surface area contributed by atoms with Crippen molar-refractivity contribution in [2.75, 3.05) is 30.4 Å². The Labute approximate surface area is 158 Å². The number of amides is 1. The topological polar surface area (TPSA) is 67.3 Å². The van der Waals surface area contributed by atoms with Crippen LogP contribution in [-0.2, 0) is 4.79 Å². The summed E-state index contributed by atoms with van der Waals surface area (Å²) in [6.45, 7) is 5.48. The maximum absolute atomic E-state index is 12.5. The quantitative estimate of drug-likeness (QED) is 0.885. The highest BCUT2D eigenvalue weighted by molar-refractivity contribution is 6.32. The smallest absolute Gasteiger partial charge is 0.227 e. The van der Waals surface area contributed by atoms with Crippen LogP contribution in [-0.4, -0.2) is 36.1 Å². The van der Waals surface area contributed by atoms with E-state index in [1.165, 1.54) is 0 Å². The molecule has 0 saturated carbocycles. The van der Waals surface area contributed by atoms with Crippen LogP contribution in [0.3, 0.4) is 0 Å². The third-order valence-electron chi connectivity index (χ3n) is 4.54. The molecule has 2 aromatic rings. The minimum Gasteiger partial charge on any atom is -0.495 e. The van der Waals surface area contributed by atoms with Gasteiger partial charge in [-0.05, 0) is 51.0 Å². The first kappa shape index (κ1) is 18.5. The summed E-state index contributed by atoms with van der Waals surface area (Å²) in [7, 11) is 1.56. The second kappa shape index (κ2) is 7.91. The number of rotatable bonds is 4. The van der Waals surface area contributed by atoms with Gasteiger partial charge in [0, 0.05) is 36.1 Å². The van der Waals surface area contributed by atoms with Crippen LogP contribution in [0.1, 0.15) is 24.2 Å². The second-order valence-electron chi connectivity index (χ2n) is 6.55. The zero-order valence-corrected chi connectivity index (χ0v) is 16.0. The van der Waals surface area contributed by atoms with Crippen LogP contribution in [0.15, 0.2) is 24.3 Å². The summed E-state index contributed by atoms with van der Waals surface area (Å²) in [5, 5.41) is 3.43. The van der Waals surface area contributed by atoms with Crippen molar-refractivity contribution in [3.8, 4) is 5.75 Å². The van der Waals surface area contributed by atoms with Crippen LogP contribution >= 0.6 is 11.6 Å². The molecule has 3 rings (SSSR count). The van der Waals surface area contributed by atoms with Crippen molar-refractivity contribution in [2.45, 2.75) is 26.7 Å². The predicted molar refractivity (Wildman–Crippen MR) is 103 cm³/mol. The molecule has 1 aliphatic heterocycles. The number of halogens is 1. The molecular formula is C19H23ClN4O2. The number of carbonyl (C=O) groups excluding carboxylic acids is 1. The van der Waals surface area contributed by atoms with E-state index in [-0.39, 0.29) is 11.8 Å². The number of benzene rings is 1. The molecule has 0 atom stereocenters. The lowest BCUT2D eigenvalue weighted by Gasteiger charge is -2.31. The van der Waals surface area contributed by atoms with E-state index in [1.807, 2.05) is 19.9 Å². The molecule has 26 heavy (non-hydrogen) atoms. The van der Waals surface area contributed by atoms with Crippen LogP contribution in [0.25, 0.3) is 0 Å². The Bertz CT molecular complexity index is 784. The fourth-order valence-corrected chi connectivity index (χ4v) is 3.44. The molecule has 7 heteroatoms. The van der Waals surface area contributed by atoms with Crippen molar-refractivity contribution in [1.29, 1.82) is 0 Å². The van der Waals surface area contributed by atoms with Crippen molar-refractivity contribution in [1.82, 2.24) is 9.97 Å². The molecule has 1 aromatic heterocycles. The van der Waals surface area contributed by atoms with E-state index in [0.29, 0.717) is 16.5 Å². The molecule has 0 unspecified atom stereocenters. The van der Waals surface area contributed by atoms with Gasteiger partial charge in [-0.2, -0.15) is 0 Å². The fourth-order valence-electron chi connectivity index (χ4n) is 3.18. The van der Waals surface area contributed by atoms with Gasteiger partial charge in [-0.25, -0.2) is 9.97 Å². The second-order valence-corrected chi connectivity index (χ2v) is 6.96. The summed E-state index contributed by atoms with van der Waals surface area (Å²) in [5.41, 5.74) is 2.60. The Balaban J connectivity index is 1.59. The number of aryl methyl sites for hydroxylation is 2. The molecule has 1 saturated heterocycles. The molecule has 6 nitrogen and oxygen atoms in total. The van der Waals surface area contributed by atoms with Crippen molar-refractivity contribution in [3.63, 3.8) is 0 Å². The third kappa shape index (κ3) is 4.25. The van der Waals surface area contributed by atoms with Gasteiger partial charge in [0.1, 0.15) is 5.75 Å². The van der Waals surface area contributed by atoms with Crippen LogP contribution in [0.4, 0.5) is 11.6 Å². The highest BCUT2D eigenvalue weighted by Crippen LogP contribution is 2.28. The first-order chi connectivity index (χ1) is 12.5. The standard InChI is InChI=1S/C19H23ClN4O2/c1-12-10-13(2)22-19(21-12)24-8-6-14(7-9-24)18(25)23-15-4-5-17(26-3)16(20)11-15/h4-5,10-11,14H,6-9H2,1-3H3,(H,23,25). The molecule has 0 radical (unpaired) electrons. The molecule has 1 aliphatic rings. The minimum absolute atomic E-state index is 0.0206. The summed E-state index contributed by atoms with van der Waals surface area (Å²) in [4.78, 5) is 23.7. The van der Waals surface area contributed by atoms with Crippen LogP contribution in [0.2, 0.25) is 5.02 Å². The molecule has 2 heterocycles. The number of nitrogens with one attached hydrogen (secondary N) is 1. The average molecular weight is 375 g/mol. The van der Waals surface area contributed by atoms with E-state index in [4.69, 9.17) is 16.3 Å². The monoisotopic (exact) mass is 374 g/mol. The first-order valence-corrected chi connectivity index (χ1v) is 9.05. The molecule has 0 aliphatic carbocycles. The van der Waals surface area contributed by atoms with Gasteiger partial charge < -0.3 is 15.0 Å². The average Bonchev–Trinajstić information content (AvgIpc) is 2.61. The van der Waals surface area contributed by atoms with E-state index < -0.39 is 0 Å². The van der Waals surface area contributed by atoms with E-state index in [1.54, 1.807) is 25.3 Å². The largest absolute Gasteiger partial charge is 0.495 e. The summed E-state index contributed by atoms with van der Waals surface area (Å²) < 4.78 is 5.13. The molecule has 0 bridgehead atoms. The number of anilines is 2. The zero-order valence-electron chi connectivity index (χ0n) is 15.3. The van der Waals surface area contributed by atoms with Gasteiger partial charge in [-0.15, -0.1) is 0 Å². The first-order valence-electron chi connectivity index (χ1n) is 8.68. The molecule has 0 spiro atoms. The highest BCUT2D eigenvalue weighted by Gasteiger charge is 2.26. The van der Waals surface area contributed by atoms with Gasteiger partial charge in [0.15, 0.2) is 0 Å². The molecule has 1 aromatic carbocycles. The van der Waals surface area contributed by atoms with Crippen LogP contribution < -0.4 is 15.0 Å². The SMILES string of the molecule is COc1ccc(NC(=O)C2CCN(c3nc(C)cc(C)n3)CC2)cc1Cl. The number of methoxy groups -OCH3 is 1. The summed E-state index contributed by atoms with van der Waals surface area (Å²) in [6, 6.07) is 7.21. The molecule has 1 amide bonds. The number of nitrogens with zero attached hydrogens (tertiary/aromatic N) is 3. The van der Waals surface area contributed by atoms with Crippen LogP contribution in [0.5, 0.6) is 5.75 Å². The lowest BCUT2D eigenvalue weighted by Crippen LogP contribution is -2.39. The summed E-state index contributed by atoms with van der Waals surface area (Å²) >= 11 is 6.11. The number of ether oxygens (including phenoxy) is 1. The Morgan fingerprint density at radius 1 is 1.19 bits per heavy atom. The Hall–Kier alpha value is -2.34. The normalized spacial score (nSPS) is 15.0. The van der Waals surface area contributed by atoms with E-state index in [2.05, 4.69) is 20.2 Å². The number of hydrogen-bond acceptors (Lipinski definition) is 5. The number of carbonyl (C=O) groups is 1. The Kier molecular flexibility index (Phi) is 5.61. The maximum atomic E-state index is 12.5. The van der Waals surface area contributed by atoms with E-state index in [9.17, 15) is 4.79 Å². The molecule has 138 valence electrons. The highest BCUT2D eigenvalue weighted by atomic mass is 35.5. The summed E-state index contributed by atoms with van der Waals surface area (Å²) in [5.74, 6) is 1.33. The van der Waals surface area contributed by atoms with Gasteiger partial charge in [-0.1, -0.05) is 11.6 Å². The summed E-state index contributed by atoms with van der Waals surface area (Å²) in [6.07, 6.45) is 1.54. The van der Waals surface area contributed by atoms with Crippen molar-refractivity contribution >= 4 is 29.1 Å². The predicted octanol–water partition coefficient (Wildman–Crippen LogP) is 3.61. The van der Waals surface area contributed by atoms with Gasteiger partial charge in [0.05, 0.1) is 12.1 Å². The van der Waals surface area contributed by atoms with Gasteiger partial charge in [0.2, 0.25) is 11.9 Å². The van der Waals surface area contributed by atoms with Crippen molar-refractivity contribution in [2.24, 2.45) is 5.92 Å². The number of aromatic nitrogens is 2. The lowest BCUT2D eigenvalue weighted by atomic mass is 9.96. The minimum atomic E-state index is -0.0296. The molecular weight excluding hydrogens is 352 g/mol. The molecule has 1 fully saturated rings. The third-order valence-corrected chi connectivity index (χ3v) is 4.83. The van der Waals surface area contributed by atoms with E-state index >= 15 is 0 Å². The van der Waals surface area contributed by atoms with Crippen molar-refractivity contribution < 1.29 is 9.53 Å².